The van der Waals surface area contributed by atoms with Crippen molar-refractivity contribution in [1.82, 2.24) is 0 Å². The number of carbonyl (C=O) groups excluding carboxylic acids is 1. The lowest BCUT2D eigenvalue weighted by Crippen LogP contribution is -2.16. The van der Waals surface area contributed by atoms with Crippen LogP contribution in [-0.4, -0.2) is 5.91 Å². The van der Waals surface area contributed by atoms with Crippen LogP contribution in [0.4, 0.5) is 15.8 Å². The van der Waals surface area contributed by atoms with Crippen LogP contribution in [0.15, 0.2) is 42.5 Å². The molecule has 3 nitrogen and oxygen atoms in total. The molecule has 2 rings (SSSR count). The number of hydrogen-bond donors (Lipinski definition) is 2. The van der Waals surface area contributed by atoms with Gasteiger partial charge < -0.3 is 11.1 Å². The molecule has 19 heavy (non-hydrogen) atoms. The second-order valence-corrected chi connectivity index (χ2v) is 4.39. The zero-order valence-electron chi connectivity index (χ0n) is 10.6. The van der Waals surface area contributed by atoms with Crippen molar-refractivity contribution in [1.29, 1.82) is 0 Å². The molecule has 2 aromatic rings. The Morgan fingerprint density at radius 2 is 2.00 bits per heavy atom. The first kappa shape index (κ1) is 13.1. The van der Waals surface area contributed by atoms with Crippen molar-refractivity contribution in [2.75, 3.05) is 11.1 Å². The average Bonchev–Trinajstić information content (AvgIpc) is 2.37. The SMILES string of the molecule is Cc1ccc(N)cc1NC(=O)Cc1ccccc1F. The molecule has 0 saturated heterocycles. The van der Waals surface area contributed by atoms with Crippen molar-refractivity contribution in [2.24, 2.45) is 0 Å². The summed E-state index contributed by atoms with van der Waals surface area (Å²) in [5, 5.41) is 2.74. The predicted molar refractivity (Wildman–Crippen MR) is 74.3 cm³/mol. The third kappa shape index (κ3) is 3.31. The van der Waals surface area contributed by atoms with Gasteiger partial charge in [-0.15, -0.1) is 0 Å². The maximum Gasteiger partial charge on any atom is 0.228 e. The molecule has 0 saturated carbocycles. The van der Waals surface area contributed by atoms with Gasteiger partial charge in [0, 0.05) is 11.4 Å². The Labute approximate surface area is 111 Å². The molecule has 0 aliphatic carbocycles. The first-order chi connectivity index (χ1) is 9.06. The maximum atomic E-state index is 13.4. The Morgan fingerprint density at radius 1 is 1.26 bits per heavy atom. The minimum Gasteiger partial charge on any atom is -0.399 e. The molecule has 0 radical (unpaired) electrons. The smallest absolute Gasteiger partial charge is 0.228 e. The number of benzene rings is 2. The molecule has 0 heterocycles. The second-order valence-electron chi connectivity index (χ2n) is 4.39. The minimum atomic E-state index is -0.373. The van der Waals surface area contributed by atoms with E-state index in [1.165, 1.54) is 6.07 Å². The van der Waals surface area contributed by atoms with Crippen molar-refractivity contribution < 1.29 is 9.18 Å². The third-order valence-electron chi connectivity index (χ3n) is 2.84. The number of nitrogen functional groups attached to an aromatic ring is 1. The summed E-state index contributed by atoms with van der Waals surface area (Å²) in [4.78, 5) is 11.9. The van der Waals surface area contributed by atoms with Crippen molar-refractivity contribution >= 4 is 17.3 Å². The van der Waals surface area contributed by atoms with Gasteiger partial charge in [0.25, 0.3) is 0 Å². The summed E-state index contributed by atoms with van der Waals surface area (Å²) in [7, 11) is 0. The van der Waals surface area contributed by atoms with E-state index in [1.807, 2.05) is 13.0 Å². The van der Waals surface area contributed by atoms with Crippen molar-refractivity contribution in [2.45, 2.75) is 13.3 Å². The van der Waals surface area contributed by atoms with Gasteiger partial charge in [0.15, 0.2) is 0 Å². The average molecular weight is 258 g/mol. The molecule has 0 aliphatic heterocycles. The van der Waals surface area contributed by atoms with Gasteiger partial charge in [0.1, 0.15) is 5.82 Å². The fraction of sp³-hybridized carbons (Fsp3) is 0.133. The normalized spacial score (nSPS) is 10.2. The van der Waals surface area contributed by atoms with Gasteiger partial charge in [-0.05, 0) is 36.2 Å². The van der Waals surface area contributed by atoms with Crippen LogP contribution < -0.4 is 11.1 Å². The fourth-order valence-corrected chi connectivity index (χ4v) is 1.78. The highest BCUT2D eigenvalue weighted by Gasteiger charge is 2.09. The van der Waals surface area contributed by atoms with Crippen LogP contribution in [0, 0.1) is 12.7 Å². The maximum absolute atomic E-state index is 13.4. The number of aryl methyl sites for hydroxylation is 1. The van der Waals surface area contributed by atoms with Crippen molar-refractivity contribution in [3.8, 4) is 0 Å². The van der Waals surface area contributed by atoms with E-state index < -0.39 is 0 Å². The van der Waals surface area contributed by atoms with Crippen LogP contribution in [-0.2, 0) is 11.2 Å². The van der Waals surface area contributed by atoms with E-state index >= 15 is 0 Å². The van der Waals surface area contributed by atoms with Crippen LogP contribution in [0.3, 0.4) is 0 Å². The second kappa shape index (κ2) is 5.52. The first-order valence-corrected chi connectivity index (χ1v) is 5.95. The summed E-state index contributed by atoms with van der Waals surface area (Å²) in [6.45, 7) is 1.87. The number of nitrogens with two attached hydrogens (primary N) is 1. The highest BCUT2D eigenvalue weighted by atomic mass is 19.1. The molecular formula is C15H15FN2O. The largest absolute Gasteiger partial charge is 0.399 e. The summed E-state index contributed by atoms with van der Waals surface area (Å²) in [5.74, 6) is -0.638. The quantitative estimate of drug-likeness (QED) is 0.832. The highest BCUT2D eigenvalue weighted by Crippen LogP contribution is 2.18. The number of hydrogen-bond acceptors (Lipinski definition) is 2. The van der Waals surface area contributed by atoms with E-state index in [2.05, 4.69) is 5.32 Å². The number of anilines is 2. The Kier molecular flexibility index (Phi) is 3.80. The summed E-state index contributed by atoms with van der Waals surface area (Å²) >= 11 is 0. The molecule has 0 atom stereocenters. The lowest BCUT2D eigenvalue weighted by molar-refractivity contribution is -0.115. The van der Waals surface area contributed by atoms with Crippen LogP contribution in [0.25, 0.3) is 0 Å². The van der Waals surface area contributed by atoms with Crippen LogP contribution >= 0.6 is 0 Å². The lowest BCUT2D eigenvalue weighted by Gasteiger charge is -2.09. The minimum absolute atomic E-state index is 0.000905. The monoisotopic (exact) mass is 258 g/mol. The number of rotatable bonds is 3. The van der Waals surface area contributed by atoms with Gasteiger partial charge in [-0.1, -0.05) is 24.3 Å². The number of amides is 1. The molecule has 2 aromatic carbocycles. The number of halogens is 1. The first-order valence-electron chi connectivity index (χ1n) is 5.95. The van der Waals surface area contributed by atoms with E-state index in [9.17, 15) is 9.18 Å². The number of nitrogens with one attached hydrogen (secondary N) is 1. The van der Waals surface area contributed by atoms with E-state index in [1.54, 1.807) is 30.3 Å². The van der Waals surface area contributed by atoms with E-state index in [0.717, 1.165) is 5.56 Å². The summed E-state index contributed by atoms with van der Waals surface area (Å²) in [6.07, 6.45) is 0.000905. The molecule has 0 fully saturated rings. The van der Waals surface area contributed by atoms with Gasteiger partial charge in [0.05, 0.1) is 6.42 Å². The van der Waals surface area contributed by atoms with Gasteiger partial charge >= 0.3 is 0 Å². The zero-order chi connectivity index (χ0) is 13.8. The number of carbonyl (C=O) groups is 1. The Hall–Kier alpha value is -2.36. The molecule has 0 bridgehead atoms. The van der Waals surface area contributed by atoms with Gasteiger partial charge in [0.2, 0.25) is 5.91 Å². The van der Waals surface area contributed by atoms with Gasteiger partial charge in [-0.2, -0.15) is 0 Å². The Bertz CT molecular complexity index is 611. The molecule has 1 amide bonds. The molecule has 0 aromatic heterocycles. The molecule has 3 N–H and O–H groups in total. The highest BCUT2D eigenvalue weighted by molar-refractivity contribution is 5.93. The lowest BCUT2D eigenvalue weighted by atomic mass is 10.1. The molecule has 98 valence electrons. The van der Waals surface area contributed by atoms with Crippen LogP contribution in [0.5, 0.6) is 0 Å². The molecule has 0 spiro atoms. The van der Waals surface area contributed by atoms with Crippen LogP contribution in [0.2, 0.25) is 0 Å². The molecule has 4 heteroatoms. The topological polar surface area (TPSA) is 55.1 Å². The Morgan fingerprint density at radius 3 is 2.74 bits per heavy atom. The molecule has 0 unspecified atom stereocenters. The third-order valence-corrected chi connectivity index (χ3v) is 2.84. The van der Waals surface area contributed by atoms with Crippen LogP contribution in [0.1, 0.15) is 11.1 Å². The molecular weight excluding hydrogens is 243 g/mol. The summed E-state index contributed by atoms with van der Waals surface area (Å²) in [6, 6.07) is 11.5. The Balaban J connectivity index is 2.10. The van der Waals surface area contributed by atoms with E-state index in [-0.39, 0.29) is 18.1 Å². The fourth-order valence-electron chi connectivity index (χ4n) is 1.78. The van der Waals surface area contributed by atoms with Crippen molar-refractivity contribution in [3.63, 3.8) is 0 Å². The van der Waals surface area contributed by atoms with Crippen molar-refractivity contribution in [3.05, 3.63) is 59.4 Å². The van der Waals surface area contributed by atoms with Gasteiger partial charge in [-0.25, -0.2) is 4.39 Å². The van der Waals surface area contributed by atoms with E-state index in [4.69, 9.17) is 5.73 Å². The standard InChI is InChI=1S/C15H15FN2O/c1-10-6-7-12(17)9-14(10)18-15(19)8-11-4-2-3-5-13(11)16/h2-7,9H,8,17H2,1H3,(H,18,19). The predicted octanol–water partition coefficient (Wildman–Crippen LogP) is 2.90. The zero-order valence-corrected chi connectivity index (χ0v) is 10.6. The van der Waals surface area contributed by atoms with Gasteiger partial charge in [-0.3, -0.25) is 4.79 Å². The van der Waals surface area contributed by atoms with E-state index in [0.29, 0.717) is 16.9 Å². The summed E-state index contributed by atoms with van der Waals surface area (Å²) in [5.41, 5.74) is 8.19. The molecule has 0 aliphatic rings. The summed E-state index contributed by atoms with van der Waals surface area (Å²) < 4.78 is 13.4.